The molecular weight excluding hydrogens is 200 g/mol. The minimum absolute atomic E-state index is 0.408. The smallest absolute Gasteiger partial charge is 0.338 e. The van der Waals surface area contributed by atoms with Gasteiger partial charge in [-0.25, -0.2) is 4.79 Å². The molecule has 2 atom stereocenters. The molecule has 2 unspecified atom stereocenters. The van der Waals surface area contributed by atoms with E-state index in [2.05, 4.69) is 0 Å². The fourth-order valence-corrected chi connectivity index (χ4v) is 1.64. The van der Waals surface area contributed by atoms with Crippen molar-refractivity contribution < 1.29 is 24.2 Å². The van der Waals surface area contributed by atoms with Crippen molar-refractivity contribution in [2.45, 2.75) is 45.5 Å². The van der Waals surface area contributed by atoms with Gasteiger partial charge in [0.2, 0.25) is 5.79 Å². The van der Waals surface area contributed by atoms with Crippen LogP contribution in [0.1, 0.15) is 33.6 Å². The molecule has 1 aliphatic rings. The zero-order valence-electron chi connectivity index (χ0n) is 9.15. The van der Waals surface area contributed by atoms with E-state index in [9.17, 15) is 9.59 Å². The van der Waals surface area contributed by atoms with Crippen LogP contribution in [0, 0.1) is 5.92 Å². The molecule has 5 nitrogen and oxygen atoms in total. The molecule has 5 heteroatoms. The van der Waals surface area contributed by atoms with Crippen molar-refractivity contribution in [2.75, 3.05) is 0 Å². The number of carbonyl (C=O) groups excluding carboxylic acids is 1. The molecule has 0 aromatic carbocycles. The highest BCUT2D eigenvalue weighted by Gasteiger charge is 2.47. The predicted octanol–water partition coefficient (Wildman–Crippen LogP) is 1.17. The monoisotopic (exact) mass is 216 g/mol. The Morgan fingerprint density at radius 2 is 2.20 bits per heavy atom. The van der Waals surface area contributed by atoms with Gasteiger partial charge in [0.25, 0.3) is 0 Å². The molecule has 1 heterocycles. The lowest BCUT2D eigenvalue weighted by atomic mass is 9.97. The average Bonchev–Trinajstić information content (AvgIpc) is 2.35. The Kier molecular flexibility index (Phi) is 3.34. The van der Waals surface area contributed by atoms with Gasteiger partial charge in [0.15, 0.2) is 6.10 Å². The van der Waals surface area contributed by atoms with E-state index in [1.54, 1.807) is 13.8 Å². The Labute approximate surface area is 88.4 Å². The van der Waals surface area contributed by atoms with Gasteiger partial charge in [-0.05, 0) is 6.42 Å². The van der Waals surface area contributed by atoms with Crippen LogP contribution in [-0.2, 0) is 19.1 Å². The van der Waals surface area contributed by atoms with E-state index in [4.69, 9.17) is 14.6 Å². The molecule has 1 aliphatic heterocycles. The highest BCUT2D eigenvalue weighted by molar-refractivity contribution is 5.84. The molecule has 0 bridgehead atoms. The minimum atomic E-state index is -1.02. The molecule has 0 radical (unpaired) electrons. The van der Waals surface area contributed by atoms with Crippen LogP contribution < -0.4 is 0 Å². The second-order valence-corrected chi connectivity index (χ2v) is 4.09. The van der Waals surface area contributed by atoms with E-state index in [1.807, 2.05) is 6.92 Å². The summed E-state index contributed by atoms with van der Waals surface area (Å²) >= 11 is 0. The van der Waals surface area contributed by atoms with Gasteiger partial charge >= 0.3 is 11.9 Å². The van der Waals surface area contributed by atoms with E-state index in [-0.39, 0.29) is 0 Å². The molecule has 86 valence electrons. The molecule has 1 N–H and O–H groups in total. The first-order valence-electron chi connectivity index (χ1n) is 5.01. The maximum atomic E-state index is 11.4. The fraction of sp³-hybridized carbons (Fsp3) is 0.800. The van der Waals surface area contributed by atoms with Crippen LogP contribution in [0.25, 0.3) is 0 Å². The summed E-state index contributed by atoms with van der Waals surface area (Å²) in [4.78, 5) is 22.3. The third-order valence-corrected chi connectivity index (χ3v) is 2.27. The van der Waals surface area contributed by atoms with Crippen molar-refractivity contribution in [3.05, 3.63) is 0 Å². The van der Waals surface area contributed by atoms with Crippen molar-refractivity contribution in [3.63, 3.8) is 0 Å². The molecule has 0 spiro atoms. The Bertz CT molecular complexity index is 271. The Morgan fingerprint density at radius 1 is 1.60 bits per heavy atom. The standard InChI is InChI=1S/C10H16O5/c1-4-5-6(8(11)12)7-9(13)15-10(2,3)14-7/h6-7H,4-5H2,1-3H3,(H,11,12). The van der Waals surface area contributed by atoms with Crippen LogP contribution in [0.5, 0.6) is 0 Å². The molecular formula is C10H16O5. The molecule has 1 fully saturated rings. The fourth-order valence-electron chi connectivity index (χ4n) is 1.64. The first-order valence-corrected chi connectivity index (χ1v) is 5.01. The zero-order chi connectivity index (χ0) is 11.6. The van der Waals surface area contributed by atoms with E-state index in [1.165, 1.54) is 0 Å². The maximum Gasteiger partial charge on any atom is 0.338 e. The Balaban J connectivity index is 2.77. The summed E-state index contributed by atoms with van der Waals surface area (Å²) in [6.07, 6.45) is 0.118. The Morgan fingerprint density at radius 3 is 2.53 bits per heavy atom. The van der Waals surface area contributed by atoms with Crippen LogP contribution in [0.3, 0.4) is 0 Å². The van der Waals surface area contributed by atoms with Crippen molar-refractivity contribution in [1.82, 2.24) is 0 Å². The lowest BCUT2D eigenvalue weighted by Gasteiger charge is -2.18. The molecule has 1 saturated heterocycles. The number of carboxylic acids is 1. The quantitative estimate of drug-likeness (QED) is 0.714. The number of aliphatic carboxylic acids is 1. The summed E-state index contributed by atoms with van der Waals surface area (Å²) in [5, 5.41) is 8.96. The Hall–Kier alpha value is -1.10. The highest BCUT2D eigenvalue weighted by Crippen LogP contribution is 2.30. The average molecular weight is 216 g/mol. The number of esters is 1. The largest absolute Gasteiger partial charge is 0.481 e. The summed E-state index contributed by atoms with van der Waals surface area (Å²) in [5.74, 6) is -3.43. The number of cyclic esters (lactones) is 1. The summed E-state index contributed by atoms with van der Waals surface area (Å²) in [6, 6.07) is 0. The SMILES string of the molecule is CCCC(C(=O)O)C1OC(C)(C)OC1=O. The van der Waals surface area contributed by atoms with Gasteiger partial charge in [-0.2, -0.15) is 0 Å². The van der Waals surface area contributed by atoms with Gasteiger partial charge in [-0.15, -0.1) is 0 Å². The molecule has 0 amide bonds. The molecule has 0 aromatic rings. The van der Waals surface area contributed by atoms with Gasteiger partial charge < -0.3 is 14.6 Å². The van der Waals surface area contributed by atoms with E-state index in [0.717, 1.165) is 0 Å². The number of hydrogen-bond donors (Lipinski definition) is 1. The van der Waals surface area contributed by atoms with Crippen molar-refractivity contribution in [1.29, 1.82) is 0 Å². The van der Waals surface area contributed by atoms with E-state index < -0.39 is 29.7 Å². The van der Waals surface area contributed by atoms with Crippen molar-refractivity contribution >= 4 is 11.9 Å². The lowest BCUT2D eigenvalue weighted by molar-refractivity contribution is -0.163. The van der Waals surface area contributed by atoms with Crippen molar-refractivity contribution in [3.8, 4) is 0 Å². The van der Waals surface area contributed by atoms with Crippen molar-refractivity contribution in [2.24, 2.45) is 5.92 Å². The van der Waals surface area contributed by atoms with Gasteiger partial charge in [0, 0.05) is 13.8 Å². The first kappa shape index (κ1) is 12.0. The minimum Gasteiger partial charge on any atom is -0.481 e. The lowest BCUT2D eigenvalue weighted by Crippen LogP contribution is -2.33. The third kappa shape index (κ3) is 2.68. The number of rotatable bonds is 4. The van der Waals surface area contributed by atoms with E-state index >= 15 is 0 Å². The van der Waals surface area contributed by atoms with Crippen LogP contribution in [0.15, 0.2) is 0 Å². The van der Waals surface area contributed by atoms with Gasteiger partial charge in [-0.1, -0.05) is 13.3 Å². The summed E-state index contributed by atoms with van der Waals surface area (Å²) in [7, 11) is 0. The molecule has 1 rings (SSSR count). The number of carbonyl (C=O) groups is 2. The van der Waals surface area contributed by atoms with Crippen LogP contribution in [0.2, 0.25) is 0 Å². The van der Waals surface area contributed by atoms with Crippen LogP contribution in [-0.4, -0.2) is 28.9 Å². The zero-order valence-corrected chi connectivity index (χ0v) is 9.15. The molecule has 0 saturated carbocycles. The van der Waals surface area contributed by atoms with Gasteiger partial charge in [-0.3, -0.25) is 4.79 Å². The highest BCUT2D eigenvalue weighted by atomic mass is 16.8. The second kappa shape index (κ2) is 4.18. The normalized spacial score (nSPS) is 26.1. The van der Waals surface area contributed by atoms with Crippen LogP contribution >= 0.6 is 0 Å². The molecule has 0 aromatic heterocycles. The topological polar surface area (TPSA) is 72.8 Å². The molecule has 15 heavy (non-hydrogen) atoms. The summed E-state index contributed by atoms with van der Waals surface area (Å²) in [6.45, 7) is 5.05. The number of hydrogen-bond acceptors (Lipinski definition) is 4. The number of ether oxygens (including phenoxy) is 2. The van der Waals surface area contributed by atoms with Gasteiger partial charge in [0.1, 0.15) is 0 Å². The maximum absolute atomic E-state index is 11.4. The molecule has 0 aliphatic carbocycles. The van der Waals surface area contributed by atoms with Gasteiger partial charge in [0.05, 0.1) is 5.92 Å². The first-order chi connectivity index (χ1) is 6.87. The van der Waals surface area contributed by atoms with Crippen LogP contribution in [0.4, 0.5) is 0 Å². The summed E-state index contributed by atoms with van der Waals surface area (Å²) < 4.78 is 10.2. The number of carboxylic acid groups (broad SMARTS) is 1. The van der Waals surface area contributed by atoms with E-state index in [0.29, 0.717) is 12.8 Å². The third-order valence-electron chi connectivity index (χ3n) is 2.27. The predicted molar refractivity (Wildman–Crippen MR) is 51.1 cm³/mol. The second-order valence-electron chi connectivity index (χ2n) is 4.09. The summed E-state index contributed by atoms with van der Waals surface area (Å²) in [5.41, 5.74) is 0.